The van der Waals surface area contributed by atoms with Crippen molar-refractivity contribution in [3.63, 3.8) is 0 Å². The molecule has 0 spiro atoms. The quantitative estimate of drug-likeness (QED) is 0.467. The monoisotopic (exact) mass is 511 g/mol. The summed E-state index contributed by atoms with van der Waals surface area (Å²) in [4.78, 5) is 27.2. The molecule has 0 saturated heterocycles. The van der Waals surface area contributed by atoms with Crippen LogP contribution in [-0.4, -0.2) is 50.5 Å². The zero-order chi connectivity index (χ0) is 25.3. The molecule has 0 bridgehead atoms. The maximum atomic E-state index is 13.3. The number of carbonyl (C=O) groups excluding carboxylic acids is 2. The molecular formula is C24H31ClFN3O4S. The predicted molar refractivity (Wildman–Crippen MR) is 133 cm³/mol. The number of nitrogens with one attached hydrogen (secondary N) is 1. The molecule has 0 radical (unpaired) electrons. The smallest absolute Gasteiger partial charge is 0.242 e. The Hall–Kier alpha value is -2.65. The second-order valence-electron chi connectivity index (χ2n) is 8.00. The zero-order valence-corrected chi connectivity index (χ0v) is 21.2. The summed E-state index contributed by atoms with van der Waals surface area (Å²) in [6.45, 7) is 4.27. The van der Waals surface area contributed by atoms with E-state index in [0.29, 0.717) is 22.8 Å². The van der Waals surface area contributed by atoms with Gasteiger partial charge in [-0.25, -0.2) is 12.8 Å². The molecule has 0 fully saturated rings. The van der Waals surface area contributed by atoms with Gasteiger partial charge in [-0.3, -0.25) is 13.9 Å². The van der Waals surface area contributed by atoms with Crippen molar-refractivity contribution >= 4 is 39.1 Å². The van der Waals surface area contributed by atoms with E-state index in [0.717, 1.165) is 17.0 Å². The number of sulfonamides is 1. The van der Waals surface area contributed by atoms with Crippen molar-refractivity contribution in [2.24, 2.45) is 0 Å². The molecule has 7 nitrogen and oxygen atoms in total. The minimum atomic E-state index is -3.64. The van der Waals surface area contributed by atoms with E-state index in [2.05, 4.69) is 5.32 Å². The number of hydrogen-bond acceptors (Lipinski definition) is 4. The molecule has 1 unspecified atom stereocenters. The summed E-state index contributed by atoms with van der Waals surface area (Å²) in [6, 6.07) is 11.5. The molecule has 2 aromatic carbocycles. The van der Waals surface area contributed by atoms with Gasteiger partial charge >= 0.3 is 0 Å². The Balaban J connectivity index is 2.15. The summed E-state index contributed by atoms with van der Waals surface area (Å²) in [6.07, 6.45) is 2.05. The maximum absolute atomic E-state index is 13.3. The van der Waals surface area contributed by atoms with Gasteiger partial charge in [0.15, 0.2) is 0 Å². The largest absolute Gasteiger partial charge is 0.354 e. The van der Waals surface area contributed by atoms with Crippen molar-refractivity contribution in [1.29, 1.82) is 0 Å². The number of rotatable bonds is 12. The van der Waals surface area contributed by atoms with Crippen molar-refractivity contribution in [2.75, 3.05) is 23.7 Å². The first-order chi connectivity index (χ1) is 16.0. The molecule has 0 heterocycles. The summed E-state index contributed by atoms with van der Waals surface area (Å²) >= 11 is 6.28. The van der Waals surface area contributed by atoms with Crippen LogP contribution in [0.2, 0.25) is 5.02 Å². The van der Waals surface area contributed by atoms with Crippen LogP contribution >= 0.6 is 11.6 Å². The summed E-state index contributed by atoms with van der Waals surface area (Å²) in [5, 5.41) is 3.29. The topological polar surface area (TPSA) is 86.8 Å². The Bertz CT molecular complexity index is 1080. The van der Waals surface area contributed by atoms with Crippen LogP contribution in [0.25, 0.3) is 0 Å². The van der Waals surface area contributed by atoms with Crippen LogP contribution < -0.4 is 9.62 Å². The lowest BCUT2D eigenvalue weighted by Crippen LogP contribution is -2.47. The highest BCUT2D eigenvalue weighted by Crippen LogP contribution is 2.21. The van der Waals surface area contributed by atoms with Crippen LogP contribution in [0.3, 0.4) is 0 Å². The zero-order valence-electron chi connectivity index (χ0n) is 19.6. The third kappa shape index (κ3) is 7.99. The van der Waals surface area contributed by atoms with Gasteiger partial charge in [-0.15, -0.1) is 0 Å². The van der Waals surface area contributed by atoms with E-state index >= 15 is 0 Å². The van der Waals surface area contributed by atoms with Gasteiger partial charge in [-0.05, 0) is 55.7 Å². The van der Waals surface area contributed by atoms with Crippen molar-refractivity contribution in [2.45, 2.75) is 45.7 Å². The highest BCUT2D eigenvalue weighted by molar-refractivity contribution is 7.92. The molecule has 0 aromatic heterocycles. The average molecular weight is 512 g/mol. The average Bonchev–Trinajstić information content (AvgIpc) is 2.79. The van der Waals surface area contributed by atoms with Crippen molar-refractivity contribution < 1.29 is 22.4 Å². The lowest BCUT2D eigenvalue weighted by Gasteiger charge is -2.29. The molecule has 1 atom stereocenters. The molecule has 0 aliphatic carbocycles. The molecule has 10 heteroatoms. The van der Waals surface area contributed by atoms with Crippen LogP contribution in [-0.2, 0) is 26.2 Å². The van der Waals surface area contributed by atoms with Crippen molar-refractivity contribution in [1.82, 2.24) is 10.2 Å². The summed E-state index contributed by atoms with van der Waals surface area (Å²) in [5.74, 6) is -1.05. The Kier molecular flexibility index (Phi) is 10.3. The van der Waals surface area contributed by atoms with Gasteiger partial charge in [-0.1, -0.05) is 36.7 Å². The maximum Gasteiger partial charge on any atom is 0.242 e. The van der Waals surface area contributed by atoms with Crippen molar-refractivity contribution in [3.05, 3.63) is 64.9 Å². The lowest BCUT2D eigenvalue weighted by atomic mass is 10.1. The predicted octanol–water partition coefficient (Wildman–Crippen LogP) is 3.97. The molecule has 0 aliphatic heterocycles. The third-order valence-electron chi connectivity index (χ3n) is 5.28. The van der Waals surface area contributed by atoms with Crippen LogP contribution in [0.5, 0.6) is 0 Å². The number of anilines is 1. The molecule has 186 valence electrons. The van der Waals surface area contributed by atoms with Gasteiger partial charge in [-0.2, -0.15) is 0 Å². The van der Waals surface area contributed by atoms with Gasteiger partial charge in [0, 0.05) is 31.1 Å². The van der Waals surface area contributed by atoms with Crippen LogP contribution in [0.15, 0.2) is 48.5 Å². The second kappa shape index (κ2) is 12.7. The molecule has 0 saturated carbocycles. The summed E-state index contributed by atoms with van der Waals surface area (Å²) in [5.41, 5.74) is 1.02. The number of hydrogen-bond donors (Lipinski definition) is 1. The van der Waals surface area contributed by atoms with Gasteiger partial charge in [0.25, 0.3) is 0 Å². The SMILES string of the molecule is CCCNC(=O)C(C)N(Cc1ccccc1Cl)C(=O)CCCN(c1ccc(F)cc1)S(C)(=O)=O. The van der Waals surface area contributed by atoms with Gasteiger partial charge in [0.1, 0.15) is 11.9 Å². The summed E-state index contributed by atoms with van der Waals surface area (Å²) in [7, 11) is -3.64. The normalized spacial score (nSPS) is 12.1. The Morgan fingerprint density at radius 2 is 1.76 bits per heavy atom. The molecule has 34 heavy (non-hydrogen) atoms. The molecule has 0 aliphatic rings. The number of nitrogens with zero attached hydrogens (tertiary/aromatic N) is 2. The number of halogens is 2. The fourth-order valence-electron chi connectivity index (χ4n) is 3.40. The van der Waals surface area contributed by atoms with E-state index in [4.69, 9.17) is 11.6 Å². The van der Waals surface area contributed by atoms with E-state index in [1.165, 1.54) is 29.2 Å². The minimum absolute atomic E-state index is 0.0169. The fourth-order valence-corrected chi connectivity index (χ4v) is 4.56. The number of benzene rings is 2. The number of amides is 2. The van der Waals surface area contributed by atoms with E-state index < -0.39 is 21.9 Å². The van der Waals surface area contributed by atoms with Gasteiger partial charge in [0.2, 0.25) is 21.8 Å². The van der Waals surface area contributed by atoms with Crippen molar-refractivity contribution in [3.8, 4) is 0 Å². The van der Waals surface area contributed by atoms with E-state index in [9.17, 15) is 22.4 Å². The third-order valence-corrected chi connectivity index (χ3v) is 6.84. The first kappa shape index (κ1) is 27.6. The Morgan fingerprint density at radius 3 is 2.35 bits per heavy atom. The molecule has 1 N–H and O–H groups in total. The first-order valence-electron chi connectivity index (χ1n) is 11.1. The lowest BCUT2D eigenvalue weighted by molar-refractivity contribution is -0.140. The molecule has 2 aromatic rings. The second-order valence-corrected chi connectivity index (χ2v) is 10.3. The van der Waals surface area contributed by atoms with Gasteiger partial charge in [0.05, 0.1) is 11.9 Å². The van der Waals surface area contributed by atoms with Gasteiger partial charge < -0.3 is 10.2 Å². The van der Waals surface area contributed by atoms with Crippen LogP contribution in [0.1, 0.15) is 38.7 Å². The molecule has 2 rings (SSSR count). The standard InChI is InChI=1S/C24H31ClFN3O4S/c1-4-15-27-24(31)18(2)28(17-19-8-5-6-9-22(19)25)23(30)10-7-16-29(34(3,32)33)21-13-11-20(26)12-14-21/h5-6,8-9,11-14,18H,4,7,10,15-17H2,1-3H3,(H,27,31). The highest BCUT2D eigenvalue weighted by Gasteiger charge is 2.27. The van der Waals surface area contributed by atoms with Crippen LogP contribution in [0, 0.1) is 5.82 Å². The summed E-state index contributed by atoms with van der Waals surface area (Å²) < 4.78 is 38.9. The van der Waals surface area contributed by atoms with E-state index in [-0.39, 0.29) is 37.7 Å². The number of carbonyl (C=O) groups is 2. The first-order valence-corrected chi connectivity index (χ1v) is 13.3. The minimum Gasteiger partial charge on any atom is -0.354 e. The Morgan fingerprint density at radius 1 is 1.12 bits per heavy atom. The van der Waals surface area contributed by atoms with E-state index in [1.807, 2.05) is 6.92 Å². The molecular weight excluding hydrogens is 481 g/mol. The van der Waals surface area contributed by atoms with E-state index in [1.54, 1.807) is 31.2 Å². The highest BCUT2D eigenvalue weighted by atomic mass is 35.5. The van der Waals surface area contributed by atoms with Crippen LogP contribution in [0.4, 0.5) is 10.1 Å². The molecule has 2 amide bonds. The fraction of sp³-hybridized carbons (Fsp3) is 0.417. The Labute approximate surface area is 205 Å².